The Morgan fingerprint density at radius 1 is 1.09 bits per heavy atom. The van der Waals surface area contributed by atoms with Crippen LogP contribution in [0.5, 0.6) is 0 Å². The Labute approximate surface area is 195 Å². The first kappa shape index (κ1) is 21.2. The number of H-pyrrole nitrogens is 1. The Kier molecular flexibility index (Phi) is 5.43. The van der Waals surface area contributed by atoms with Gasteiger partial charge in [-0.15, -0.1) is 0 Å². The summed E-state index contributed by atoms with van der Waals surface area (Å²) < 4.78 is 3.48. The van der Waals surface area contributed by atoms with Crippen molar-refractivity contribution in [3.8, 4) is 0 Å². The van der Waals surface area contributed by atoms with Crippen LogP contribution in [-0.4, -0.2) is 36.3 Å². The summed E-state index contributed by atoms with van der Waals surface area (Å²) in [6.07, 6.45) is 3.63. The molecular formula is C25H24N8O. The molecule has 5 rings (SSSR count). The number of aromatic amines is 1. The maximum Gasteiger partial charge on any atom is 0.253 e. The summed E-state index contributed by atoms with van der Waals surface area (Å²) in [5.74, 6) is 0.120. The van der Waals surface area contributed by atoms with Gasteiger partial charge in [0.2, 0.25) is 0 Å². The molecule has 0 aliphatic rings. The molecule has 34 heavy (non-hydrogen) atoms. The predicted molar refractivity (Wildman–Crippen MR) is 132 cm³/mol. The van der Waals surface area contributed by atoms with Gasteiger partial charge in [0, 0.05) is 30.5 Å². The molecule has 5 aromatic rings. The number of carbonyl (C=O) groups excluding carboxylic acids is 1. The molecule has 0 aliphatic carbocycles. The maximum atomic E-state index is 12.9. The van der Waals surface area contributed by atoms with Gasteiger partial charge in [0.05, 0.1) is 34.7 Å². The smallest absolute Gasteiger partial charge is 0.253 e. The zero-order chi connectivity index (χ0) is 23.7. The first-order chi connectivity index (χ1) is 16.5. The van der Waals surface area contributed by atoms with Gasteiger partial charge >= 0.3 is 0 Å². The average Bonchev–Trinajstić information content (AvgIpc) is 3.57. The van der Waals surface area contributed by atoms with Crippen LogP contribution in [0.2, 0.25) is 0 Å². The van der Waals surface area contributed by atoms with E-state index in [0.717, 1.165) is 28.0 Å². The highest BCUT2D eigenvalue weighted by Crippen LogP contribution is 2.25. The Hall–Kier alpha value is -4.66. The van der Waals surface area contributed by atoms with Crippen LogP contribution in [0.15, 0.2) is 73.1 Å². The molecule has 4 N–H and O–H groups in total. The number of aromatic nitrogens is 5. The van der Waals surface area contributed by atoms with Crippen LogP contribution in [0.3, 0.4) is 0 Å². The molecule has 2 aromatic carbocycles. The predicted octanol–water partition coefficient (Wildman–Crippen LogP) is 3.95. The largest absolute Gasteiger partial charge is 0.355 e. The van der Waals surface area contributed by atoms with E-state index < -0.39 is 0 Å². The first-order valence-corrected chi connectivity index (χ1v) is 10.8. The number of carbonyl (C=O) groups is 1. The molecule has 0 atom stereocenters. The van der Waals surface area contributed by atoms with E-state index in [2.05, 4.69) is 25.9 Å². The lowest BCUT2D eigenvalue weighted by Gasteiger charge is -2.12. The number of hydrogen-bond donors (Lipinski definition) is 4. The molecule has 0 saturated heterocycles. The number of aryl methyl sites for hydroxylation is 2. The highest BCUT2D eigenvalue weighted by atomic mass is 16.1. The summed E-state index contributed by atoms with van der Waals surface area (Å²) in [5.41, 5.74) is 5.25. The van der Waals surface area contributed by atoms with Crippen molar-refractivity contribution in [2.24, 2.45) is 7.05 Å². The fourth-order valence-electron chi connectivity index (χ4n) is 3.93. The van der Waals surface area contributed by atoms with E-state index in [1.54, 1.807) is 15.3 Å². The third-order valence-electron chi connectivity index (χ3n) is 5.63. The minimum Gasteiger partial charge on any atom is -0.355 e. The number of nitrogens with one attached hydrogen (secondary N) is 4. The van der Waals surface area contributed by atoms with Crippen molar-refractivity contribution in [1.82, 2.24) is 29.9 Å². The molecule has 9 heteroatoms. The molecule has 0 radical (unpaired) electrons. The Bertz CT molecular complexity index is 1490. The maximum absolute atomic E-state index is 12.9. The fraction of sp³-hybridized carbons (Fsp3) is 0.120. The summed E-state index contributed by atoms with van der Waals surface area (Å²) >= 11 is 0. The van der Waals surface area contributed by atoms with E-state index in [1.165, 1.54) is 0 Å². The van der Waals surface area contributed by atoms with Gasteiger partial charge in [-0.25, -0.2) is 0 Å². The summed E-state index contributed by atoms with van der Waals surface area (Å²) in [4.78, 5) is 12.9. The Balaban J connectivity index is 1.35. The monoisotopic (exact) mass is 452 g/mol. The van der Waals surface area contributed by atoms with Crippen molar-refractivity contribution < 1.29 is 4.79 Å². The summed E-state index contributed by atoms with van der Waals surface area (Å²) in [7, 11) is 1.86. The molecular weight excluding hydrogens is 428 g/mol. The fourth-order valence-corrected chi connectivity index (χ4v) is 3.93. The molecule has 0 bridgehead atoms. The number of fused-ring (bicyclic) bond motifs is 1. The normalized spacial score (nSPS) is 11.0. The van der Waals surface area contributed by atoms with Crippen LogP contribution in [-0.2, 0) is 13.6 Å². The average molecular weight is 453 g/mol. The van der Waals surface area contributed by atoms with Crippen LogP contribution in [0.1, 0.15) is 27.4 Å². The molecule has 0 fully saturated rings. The second kappa shape index (κ2) is 8.70. The quantitative estimate of drug-likeness (QED) is 0.230. The lowest BCUT2D eigenvalue weighted by atomic mass is 10.1. The molecule has 0 aliphatic heterocycles. The van der Waals surface area contributed by atoms with Gasteiger partial charge in [-0.3, -0.25) is 20.0 Å². The third kappa shape index (κ3) is 4.06. The highest BCUT2D eigenvalue weighted by molar-refractivity contribution is 6.07. The number of hydrogen-bond acceptors (Lipinski definition) is 5. The number of amides is 1. The lowest BCUT2D eigenvalue weighted by molar-refractivity contribution is 0.0951. The van der Waals surface area contributed by atoms with Crippen LogP contribution in [0.4, 0.5) is 11.4 Å². The second-order valence-corrected chi connectivity index (χ2v) is 8.03. The molecule has 0 unspecified atom stereocenters. The van der Waals surface area contributed by atoms with Crippen LogP contribution >= 0.6 is 0 Å². The molecule has 3 aromatic heterocycles. The molecule has 3 heterocycles. The first-order valence-electron chi connectivity index (χ1n) is 10.8. The van der Waals surface area contributed by atoms with Gasteiger partial charge in [-0.1, -0.05) is 12.1 Å². The van der Waals surface area contributed by atoms with E-state index >= 15 is 0 Å². The molecule has 9 nitrogen and oxygen atoms in total. The van der Waals surface area contributed by atoms with Gasteiger partial charge in [0.25, 0.3) is 5.91 Å². The number of para-hydroxylation sites is 1. The summed E-state index contributed by atoms with van der Waals surface area (Å²) in [6, 6.07) is 18.8. The second-order valence-electron chi connectivity index (χ2n) is 8.03. The number of nitrogens with zero attached hydrogens (tertiary/aromatic N) is 4. The van der Waals surface area contributed by atoms with E-state index in [-0.39, 0.29) is 5.91 Å². The Morgan fingerprint density at radius 2 is 1.88 bits per heavy atom. The van der Waals surface area contributed by atoms with Gasteiger partial charge in [-0.2, -0.15) is 10.2 Å². The topological polar surface area (TPSA) is 116 Å². The standard InChI is InChI=1S/C25H24N8O/c1-16-13-18(32(2)31-16)15-27-25(34)20-7-3-4-8-21(20)28-17-9-10-19-22(14-17)29-30-23(19)24(26)33-11-5-6-12-33/h3-14,26,28H,15H2,1-2H3,(H,27,34)(H,29,30). The van der Waals surface area contributed by atoms with E-state index in [9.17, 15) is 4.79 Å². The van der Waals surface area contributed by atoms with Crippen LogP contribution in [0, 0.1) is 12.3 Å². The number of anilines is 2. The van der Waals surface area contributed by atoms with Gasteiger partial charge in [0.1, 0.15) is 5.69 Å². The number of rotatable bonds is 6. The molecule has 170 valence electrons. The van der Waals surface area contributed by atoms with Crippen molar-refractivity contribution in [3.63, 3.8) is 0 Å². The summed E-state index contributed by atoms with van der Waals surface area (Å²) in [6.45, 7) is 2.31. The van der Waals surface area contributed by atoms with Gasteiger partial charge < -0.3 is 15.2 Å². The van der Waals surface area contributed by atoms with Crippen LogP contribution < -0.4 is 10.6 Å². The van der Waals surface area contributed by atoms with Crippen molar-refractivity contribution in [3.05, 3.63) is 95.7 Å². The van der Waals surface area contributed by atoms with E-state index in [4.69, 9.17) is 5.41 Å². The van der Waals surface area contributed by atoms with Crippen molar-refractivity contribution in [2.75, 3.05) is 5.32 Å². The third-order valence-corrected chi connectivity index (χ3v) is 5.63. The van der Waals surface area contributed by atoms with Crippen molar-refractivity contribution >= 4 is 34.0 Å². The van der Waals surface area contributed by atoms with E-state index in [0.29, 0.717) is 29.3 Å². The Morgan fingerprint density at radius 3 is 2.65 bits per heavy atom. The minimum atomic E-state index is -0.174. The lowest BCUT2D eigenvalue weighted by Crippen LogP contribution is -2.24. The summed E-state index contributed by atoms with van der Waals surface area (Å²) in [5, 5.41) is 27.3. The zero-order valence-corrected chi connectivity index (χ0v) is 18.8. The minimum absolute atomic E-state index is 0.174. The van der Waals surface area contributed by atoms with Gasteiger partial charge in [0.15, 0.2) is 5.84 Å². The van der Waals surface area contributed by atoms with Crippen LogP contribution in [0.25, 0.3) is 10.9 Å². The zero-order valence-electron chi connectivity index (χ0n) is 18.8. The SMILES string of the molecule is Cc1cc(CNC(=O)c2ccccc2Nc2ccc3c(C(=N)n4cccc4)n[nH]c3c2)n(C)n1. The van der Waals surface area contributed by atoms with Gasteiger partial charge in [-0.05, 0) is 55.5 Å². The molecule has 0 saturated carbocycles. The highest BCUT2D eigenvalue weighted by Gasteiger charge is 2.15. The number of benzene rings is 2. The van der Waals surface area contributed by atoms with Crippen molar-refractivity contribution in [1.29, 1.82) is 5.41 Å². The van der Waals surface area contributed by atoms with Crippen molar-refractivity contribution in [2.45, 2.75) is 13.5 Å². The molecule has 1 amide bonds. The van der Waals surface area contributed by atoms with E-state index in [1.807, 2.05) is 81.0 Å². The molecule has 0 spiro atoms.